The second-order valence-corrected chi connectivity index (χ2v) is 3.24. The lowest BCUT2D eigenvalue weighted by Gasteiger charge is -2.08. The molecule has 0 aliphatic carbocycles. The van der Waals surface area contributed by atoms with Crippen LogP contribution in [-0.2, 0) is 0 Å². The molecule has 0 radical (unpaired) electrons. The lowest BCUT2D eigenvalue weighted by atomic mass is 10.0. The molecule has 0 aliphatic heterocycles. The Kier molecular flexibility index (Phi) is 2.60. The number of hydrogen-bond donors (Lipinski definition) is 0. The average Bonchev–Trinajstić information content (AvgIpc) is 2.29. The third-order valence-electron chi connectivity index (χ3n) is 2.33. The first-order valence-electron chi connectivity index (χ1n) is 4.98. The first-order chi connectivity index (χ1) is 7.36. The molecule has 2 aromatic rings. The van der Waals surface area contributed by atoms with E-state index in [1.165, 1.54) is 0 Å². The van der Waals surface area contributed by atoms with Crippen LogP contribution in [0.3, 0.4) is 0 Å². The Morgan fingerprint density at radius 3 is 2.73 bits per heavy atom. The van der Waals surface area contributed by atoms with Crippen molar-refractivity contribution in [2.75, 3.05) is 6.61 Å². The average molecular weight is 196 g/mol. The van der Waals surface area contributed by atoms with E-state index >= 15 is 0 Å². The van der Waals surface area contributed by atoms with E-state index in [4.69, 9.17) is 11.2 Å². The van der Waals surface area contributed by atoms with Crippen LogP contribution in [0.1, 0.15) is 12.5 Å². The molecular weight excluding hydrogens is 184 g/mol. The largest absolute Gasteiger partial charge is 0.493 e. The van der Waals surface area contributed by atoms with Gasteiger partial charge in [-0.2, -0.15) is 0 Å². The summed E-state index contributed by atoms with van der Waals surface area (Å²) in [7, 11) is 0. The van der Waals surface area contributed by atoms with E-state index in [0.717, 1.165) is 22.1 Å². The Morgan fingerprint density at radius 2 is 2.00 bits per heavy atom. The molecule has 1 heteroatoms. The Labute approximate surface area is 89.7 Å². The minimum absolute atomic E-state index is 0.632. The molecule has 2 rings (SSSR count). The van der Waals surface area contributed by atoms with Crippen molar-refractivity contribution in [1.29, 1.82) is 0 Å². The van der Waals surface area contributed by atoms with Crippen LogP contribution in [0, 0.1) is 12.3 Å². The third-order valence-corrected chi connectivity index (χ3v) is 2.33. The van der Waals surface area contributed by atoms with Crippen molar-refractivity contribution in [1.82, 2.24) is 0 Å². The molecule has 0 saturated heterocycles. The smallest absolute Gasteiger partial charge is 0.135 e. The molecule has 15 heavy (non-hydrogen) atoms. The first kappa shape index (κ1) is 9.61. The monoisotopic (exact) mass is 196 g/mol. The quantitative estimate of drug-likeness (QED) is 0.670. The van der Waals surface area contributed by atoms with Gasteiger partial charge in [0.2, 0.25) is 0 Å². The van der Waals surface area contributed by atoms with Crippen LogP contribution >= 0.6 is 0 Å². The standard InChI is InChI=1S/C14H12O/c1-3-12-13-8-6-5-7-11(13)9-10-14(12)15-4-2/h1,5-10H,4H2,2H3. The van der Waals surface area contributed by atoms with Gasteiger partial charge in [-0.3, -0.25) is 0 Å². The molecule has 0 amide bonds. The van der Waals surface area contributed by atoms with E-state index < -0.39 is 0 Å². The number of terminal acetylenes is 1. The lowest BCUT2D eigenvalue weighted by Crippen LogP contribution is -1.94. The van der Waals surface area contributed by atoms with Gasteiger partial charge in [0.25, 0.3) is 0 Å². The number of hydrogen-bond acceptors (Lipinski definition) is 1. The molecule has 0 fully saturated rings. The van der Waals surface area contributed by atoms with Crippen molar-refractivity contribution in [2.24, 2.45) is 0 Å². The van der Waals surface area contributed by atoms with Gasteiger partial charge in [0.1, 0.15) is 5.75 Å². The summed E-state index contributed by atoms with van der Waals surface area (Å²) < 4.78 is 5.49. The van der Waals surface area contributed by atoms with Crippen LogP contribution in [0.25, 0.3) is 10.8 Å². The third kappa shape index (κ3) is 1.67. The number of rotatable bonds is 2. The Balaban J connectivity index is 2.71. The summed E-state index contributed by atoms with van der Waals surface area (Å²) in [6.07, 6.45) is 5.52. The predicted molar refractivity (Wildman–Crippen MR) is 63.1 cm³/mol. The van der Waals surface area contributed by atoms with Crippen molar-refractivity contribution >= 4 is 10.8 Å². The van der Waals surface area contributed by atoms with Gasteiger partial charge in [-0.15, -0.1) is 6.42 Å². The van der Waals surface area contributed by atoms with Crippen LogP contribution in [0.4, 0.5) is 0 Å². The highest BCUT2D eigenvalue weighted by atomic mass is 16.5. The molecule has 0 aromatic heterocycles. The minimum Gasteiger partial charge on any atom is -0.493 e. The number of fused-ring (bicyclic) bond motifs is 1. The topological polar surface area (TPSA) is 9.23 Å². The van der Waals surface area contributed by atoms with Gasteiger partial charge in [-0.05, 0) is 18.4 Å². The van der Waals surface area contributed by atoms with Crippen LogP contribution in [-0.4, -0.2) is 6.61 Å². The molecule has 0 bridgehead atoms. The van der Waals surface area contributed by atoms with Gasteiger partial charge in [-0.25, -0.2) is 0 Å². The van der Waals surface area contributed by atoms with Gasteiger partial charge in [0.15, 0.2) is 0 Å². The van der Waals surface area contributed by atoms with Gasteiger partial charge in [0.05, 0.1) is 12.2 Å². The second-order valence-electron chi connectivity index (χ2n) is 3.24. The van der Waals surface area contributed by atoms with E-state index in [1.807, 2.05) is 43.3 Å². The van der Waals surface area contributed by atoms with Crippen molar-refractivity contribution in [2.45, 2.75) is 6.92 Å². The molecule has 2 aromatic carbocycles. The molecule has 0 N–H and O–H groups in total. The van der Waals surface area contributed by atoms with Crippen LogP contribution in [0.15, 0.2) is 36.4 Å². The summed E-state index contributed by atoms with van der Waals surface area (Å²) in [5, 5.41) is 2.22. The zero-order valence-electron chi connectivity index (χ0n) is 8.66. The van der Waals surface area contributed by atoms with Crippen molar-refractivity contribution < 1.29 is 4.74 Å². The Hall–Kier alpha value is -1.94. The fourth-order valence-corrected chi connectivity index (χ4v) is 1.68. The van der Waals surface area contributed by atoms with Gasteiger partial charge in [-0.1, -0.05) is 36.3 Å². The summed E-state index contributed by atoms with van der Waals surface area (Å²) in [4.78, 5) is 0. The first-order valence-corrected chi connectivity index (χ1v) is 4.98. The fourth-order valence-electron chi connectivity index (χ4n) is 1.68. The van der Waals surface area contributed by atoms with Crippen LogP contribution in [0.5, 0.6) is 5.75 Å². The predicted octanol–water partition coefficient (Wildman–Crippen LogP) is 3.22. The maximum absolute atomic E-state index is 5.52. The highest BCUT2D eigenvalue weighted by molar-refractivity contribution is 5.90. The summed E-state index contributed by atoms with van der Waals surface area (Å²) in [6, 6.07) is 12.0. The molecule has 0 aliphatic rings. The normalized spacial score (nSPS) is 9.87. The summed E-state index contributed by atoms with van der Waals surface area (Å²) in [6.45, 7) is 2.59. The van der Waals surface area contributed by atoms with E-state index in [-0.39, 0.29) is 0 Å². The van der Waals surface area contributed by atoms with Crippen LogP contribution in [0.2, 0.25) is 0 Å². The van der Waals surface area contributed by atoms with E-state index in [9.17, 15) is 0 Å². The van der Waals surface area contributed by atoms with Gasteiger partial charge < -0.3 is 4.74 Å². The summed E-state index contributed by atoms with van der Waals surface area (Å²) in [5.41, 5.74) is 0.843. The molecule has 0 heterocycles. The number of ether oxygens (including phenoxy) is 1. The van der Waals surface area contributed by atoms with Gasteiger partial charge >= 0.3 is 0 Å². The molecule has 74 valence electrons. The van der Waals surface area contributed by atoms with E-state index in [2.05, 4.69) is 5.92 Å². The molecule has 0 unspecified atom stereocenters. The second kappa shape index (κ2) is 4.06. The van der Waals surface area contributed by atoms with E-state index in [1.54, 1.807) is 0 Å². The number of benzene rings is 2. The van der Waals surface area contributed by atoms with Crippen molar-refractivity contribution in [3.8, 4) is 18.1 Å². The zero-order valence-corrected chi connectivity index (χ0v) is 8.66. The summed E-state index contributed by atoms with van der Waals surface area (Å²) in [5.74, 6) is 3.49. The minimum atomic E-state index is 0.632. The van der Waals surface area contributed by atoms with Crippen molar-refractivity contribution in [3.05, 3.63) is 42.0 Å². The Morgan fingerprint density at radius 1 is 1.20 bits per heavy atom. The molecule has 1 nitrogen and oxygen atoms in total. The zero-order chi connectivity index (χ0) is 10.7. The van der Waals surface area contributed by atoms with Crippen LogP contribution < -0.4 is 4.74 Å². The highest BCUT2D eigenvalue weighted by Crippen LogP contribution is 2.27. The summed E-state index contributed by atoms with van der Waals surface area (Å²) >= 11 is 0. The SMILES string of the molecule is C#Cc1c(OCC)ccc2ccccc12. The maximum Gasteiger partial charge on any atom is 0.135 e. The lowest BCUT2D eigenvalue weighted by molar-refractivity contribution is 0.340. The molecule has 0 atom stereocenters. The Bertz CT molecular complexity index is 520. The van der Waals surface area contributed by atoms with E-state index in [0.29, 0.717) is 6.61 Å². The maximum atomic E-state index is 5.52. The molecule has 0 spiro atoms. The molecular formula is C14H12O. The van der Waals surface area contributed by atoms with Crippen molar-refractivity contribution in [3.63, 3.8) is 0 Å². The van der Waals surface area contributed by atoms with Gasteiger partial charge in [0, 0.05) is 5.39 Å². The highest BCUT2D eigenvalue weighted by Gasteiger charge is 2.05. The fraction of sp³-hybridized carbons (Fsp3) is 0.143. The molecule has 0 saturated carbocycles.